The van der Waals surface area contributed by atoms with Gasteiger partial charge in [0, 0.05) is 17.8 Å². The number of carbonyl (C=O) groups excluding carboxylic acids is 2. The maximum absolute atomic E-state index is 13.5. The van der Waals surface area contributed by atoms with Gasteiger partial charge in [0.25, 0.3) is 0 Å². The van der Waals surface area contributed by atoms with E-state index in [0.717, 1.165) is 0 Å². The molecular weight excluding hydrogens is 488 g/mol. The number of allylic oxidation sites excluding steroid dienone is 1. The van der Waals surface area contributed by atoms with Crippen molar-refractivity contribution < 1.29 is 40.2 Å². The van der Waals surface area contributed by atoms with E-state index in [4.69, 9.17) is 0 Å². The van der Waals surface area contributed by atoms with Gasteiger partial charge in [0.1, 0.15) is 5.60 Å². The van der Waals surface area contributed by atoms with Crippen LogP contribution in [0.1, 0.15) is 99.3 Å². The van der Waals surface area contributed by atoms with E-state index in [0.29, 0.717) is 37.7 Å². The van der Waals surface area contributed by atoms with Crippen LogP contribution in [0.15, 0.2) is 11.6 Å². The van der Waals surface area contributed by atoms with Crippen LogP contribution < -0.4 is 0 Å². The molecule has 0 bridgehead atoms. The van der Waals surface area contributed by atoms with Crippen LogP contribution in [0, 0.1) is 28.6 Å². The molecule has 0 aliphatic heterocycles. The van der Waals surface area contributed by atoms with Gasteiger partial charge in [-0.3, -0.25) is 9.59 Å². The maximum Gasteiger partial charge on any atom is 0.166 e. The van der Waals surface area contributed by atoms with Gasteiger partial charge in [-0.1, -0.05) is 20.8 Å². The highest BCUT2D eigenvalue weighted by atomic mass is 16.4. The Balaban J connectivity index is 1.69. The fourth-order valence-corrected chi connectivity index (χ4v) is 9.01. The molecule has 0 aromatic rings. The molecule has 38 heavy (non-hydrogen) atoms. The molecule has 0 heterocycles. The topological polar surface area (TPSA) is 156 Å². The normalized spacial score (nSPS) is 45.4. The highest BCUT2D eigenvalue weighted by Crippen LogP contribution is 2.69. The minimum Gasteiger partial charge on any atom is -0.390 e. The molecule has 0 aromatic heterocycles. The Morgan fingerprint density at radius 2 is 1.74 bits per heavy atom. The third kappa shape index (κ3) is 4.17. The molecule has 0 radical (unpaired) electrons. The summed E-state index contributed by atoms with van der Waals surface area (Å²) in [7, 11) is 0. The first kappa shape index (κ1) is 29.8. The lowest BCUT2D eigenvalue weighted by Gasteiger charge is -2.61. The molecule has 2 unspecified atom stereocenters. The minimum absolute atomic E-state index is 0.00170. The molecule has 4 rings (SSSR count). The molecule has 0 amide bonds. The molecule has 4 aliphatic rings. The van der Waals surface area contributed by atoms with Crippen molar-refractivity contribution in [2.45, 2.75) is 134 Å². The summed E-state index contributed by atoms with van der Waals surface area (Å²) < 4.78 is 0. The maximum atomic E-state index is 13.5. The molecular formula is C30H48O8. The zero-order valence-electron chi connectivity index (χ0n) is 23.8. The number of Topliss-reactive ketones (excluding diaryl/α,β-unsaturated/α-hetero) is 1. The van der Waals surface area contributed by atoms with E-state index in [1.165, 1.54) is 6.08 Å². The number of fused-ring (bicyclic) bond motifs is 5. The summed E-state index contributed by atoms with van der Waals surface area (Å²) in [4.78, 5) is 26.3. The highest BCUT2D eigenvalue weighted by molar-refractivity contribution is 5.96. The Morgan fingerprint density at radius 1 is 1.11 bits per heavy atom. The number of carbonyl (C=O) groups is 2. The molecule has 10 atom stereocenters. The summed E-state index contributed by atoms with van der Waals surface area (Å²) in [5, 5.41) is 67.2. The quantitative estimate of drug-likeness (QED) is 0.289. The lowest BCUT2D eigenvalue weighted by molar-refractivity contribution is -0.194. The van der Waals surface area contributed by atoms with Crippen molar-refractivity contribution in [2.75, 3.05) is 0 Å². The van der Waals surface area contributed by atoms with Crippen LogP contribution in [0.25, 0.3) is 0 Å². The van der Waals surface area contributed by atoms with Crippen molar-refractivity contribution in [3.8, 4) is 0 Å². The van der Waals surface area contributed by atoms with Crippen molar-refractivity contribution in [1.82, 2.24) is 0 Å². The molecule has 3 saturated carbocycles. The van der Waals surface area contributed by atoms with Crippen LogP contribution in [0.2, 0.25) is 0 Å². The number of hydrogen-bond acceptors (Lipinski definition) is 8. The SMILES string of the molecule is CCC(=O)[C@]1(O)C[C@]2(C)C3CC[C@]4(C)[C@H](C(C)(O)[C@H](O)CCC(C)(C)O)CC[C@@]4(O)C3=CC(=O)[C@@H]2C[C@H]1O. The van der Waals surface area contributed by atoms with Gasteiger partial charge < -0.3 is 30.6 Å². The van der Waals surface area contributed by atoms with Crippen LogP contribution in [0.4, 0.5) is 0 Å². The van der Waals surface area contributed by atoms with Crippen molar-refractivity contribution in [3.05, 3.63) is 11.6 Å². The van der Waals surface area contributed by atoms with E-state index < -0.39 is 63.1 Å². The predicted octanol–water partition coefficient (Wildman–Crippen LogP) is 2.20. The molecule has 0 aromatic carbocycles. The first-order valence-corrected chi connectivity index (χ1v) is 14.3. The van der Waals surface area contributed by atoms with E-state index in [-0.39, 0.29) is 37.4 Å². The summed E-state index contributed by atoms with van der Waals surface area (Å²) >= 11 is 0. The average molecular weight is 537 g/mol. The molecule has 0 saturated heterocycles. The summed E-state index contributed by atoms with van der Waals surface area (Å²) in [6.45, 7) is 10.4. The van der Waals surface area contributed by atoms with Gasteiger partial charge in [0.2, 0.25) is 0 Å². The predicted molar refractivity (Wildman–Crippen MR) is 141 cm³/mol. The zero-order chi connectivity index (χ0) is 28.7. The van der Waals surface area contributed by atoms with Gasteiger partial charge in [0.05, 0.1) is 29.0 Å². The fraction of sp³-hybridized carbons (Fsp3) is 0.867. The van der Waals surface area contributed by atoms with Gasteiger partial charge in [-0.25, -0.2) is 0 Å². The average Bonchev–Trinajstić information content (AvgIpc) is 3.10. The van der Waals surface area contributed by atoms with Crippen LogP contribution >= 0.6 is 0 Å². The first-order chi connectivity index (χ1) is 17.3. The van der Waals surface area contributed by atoms with Crippen molar-refractivity contribution in [2.24, 2.45) is 28.6 Å². The van der Waals surface area contributed by atoms with Gasteiger partial charge >= 0.3 is 0 Å². The van der Waals surface area contributed by atoms with Crippen molar-refractivity contribution in [1.29, 1.82) is 0 Å². The second kappa shape index (κ2) is 9.18. The molecule has 8 heteroatoms. The Bertz CT molecular complexity index is 1010. The first-order valence-electron chi connectivity index (χ1n) is 14.3. The number of aliphatic hydroxyl groups is 6. The van der Waals surface area contributed by atoms with E-state index in [1.807, 2.05) is 13.8 Å². The number of rotatable bonds is 7. The Kier molecular flexibility index (Phi) is 7.20. The molecule has 8 nitrogen and oxygen atoms in total. The fourth-order valence-electron chi connectivity index (χ4n) is 9.01. The lowest BCUT2D eigenvalue weighted by Crippen LogP contribution is -2.66. The van der Waals surface area contributed by atoms with E-state index in [9.17, 15) is 40.2 Å². The van der Waals surface area contributed by atoms with Crippen LogP contribution in [0.3, 0.4) is 0 Å². The van der Waals surface area contributed by atoms with Gasteiger partial charge in [0.15, 0.2) is 11.6 Å². The molecule has 216 valence electrons. The number of hydrogen-bond donors (Lipinski definition) is 6. The lowest BCUT2D eigenvalue weighted by atomic mass is 9.44. The number of aliphatic hydroxyl groups excluding tert-OH is 2. The van der Waals surface area contributed by atoms with Crippen LogP contribution in [0.5, 0.6) is 0 Å². The third-order valence-electron chi connectivity index (χ3n) is 11.4. The van der Waals surface area contributed by atoms with E-state index >= 15 is 0 Å². The van der Waals surface area contributed by atoms with Gasteiger partial charge in [-0.2, -0.15) is 0 Å². The second-order valence-corrected chi connectivity index (χ2v) is 14.2. The molecule has 0 spiro atoms. The molecule has 6 N–H and O–H groups in total. The smallest absolute Gasteiger partial charge is 0.166 e. The summed E-state index contributed by atoms with van der Waals surface area (Å²) in [5.41, 5.74) is -6.87. The highest BCUT2D eigenvalue weighted by Gasteiger charge is 2.70. The summed E-state index contributed by atoms with van der Waals surface area (Å²) in [6.07, 6.45) is 1.55. The summed E-state index contributed by atoms with van der Waals surface area (Å²) in [6, 6.07) is 0. The Hall–Kier alpha value is -1.16. The molecule has 3 fully saturated rings. The van der Waals surface area contributed by atoms with E-state index in [1.54, 1.807) is 27.7 Å². The number of ketones is 2. The van der Waals surface area contributed by atoms with Gasteiger partial charge in [-0.15, -0.1) is 0 Å². The zero-order valence-corrected chi connectivity index (χ0v) is 23.8. The van der Waals surface area contributed by atoms with Gasteiger partial charge in [-0.05, 0) is 101 Å². The van der Waals surface area contributed by atoms with Crippen molar-refractivity contribution in [3.63, 3.8) is 0 Å². The standard InChI is InChI=1S/C30H48O8/c1-7-22(32)29(37)16-26(4)17-8-12-27(5)21(28(6,36)23(33)10-11-25(2,3)35)9-13-30(27,38)18(17)14-20(31)19(26)15-24(29)34/h14,17,19,21,23-24,33-38H,7-13,15-16H2,1-6H3/t17?,19-,21+,23+,24+,26+,27+,28?,29+,30+/m0/s1. The monoisotopic (exact) mass is 536 g/mol. The Morgan fingerprint density at radius 3 is 2.32 bits per heavy atom. The third-order valence-corrected chi connectivity index (χ3v) is 11.4. The van der Waals surface area contributed by atoms with Crippen LogP contribution in [-0.4, -0.2) is 76.8 Å². The molecule has 4 aliphatic carbocycles. The Labute approximate surface area is 226 Å². The largest absolute Gasteiger partial charge is 0.390 e. The van der Waals surface area contributed by atoms with Crippen molar-refractivity contribution >= 4 is 11.6 Å². The second-order valence-electron chi connectivity index (χ2n) is 14.2. The van der Waals surface area contributed by atoms with E-state index in [2.05, 4.69) is 0 Å². The summed E-state index contributed by atoms with van der Waals surface area (Å²) in [5.74, 6) is -1.93. The minimum atomic E-state index is -1.93. The van der Waals surface area contributed by atoms with Crippen LogP contribution in [-0.2, 0) is 9.59 Å².